The fourth-order valence-electron chi connectivity index (χ4n) is 2.35. The summed E-state index contributed by atoms with van der Waals surface area (Å²) in [7, 11) is 0. The Labute approximate surface area is 95.4 Å². The molecule has 0 radical (unpaired) electrons. The molecule has 0 amide bonds. The number of nitrogens with one attached hydrogen (secondary N) is 1. The van der Waals surface area contributed by atoms with Gasteiger partial charge in [-0.1, -0.05) is 20.8 Å². The second kappa shape index (κ2) is 5.86. The second-order valence-corrected chi connectivity index (χ2v) is 5.81. The van der Waals surface area contributed by atoms with Crippen molar-refractivity contribution in [3.63, 3.8) is 0 Å². The zero-order valence-electron chi connectivity index (χ0n) is 11.0. The highest BCUT2D eigenvalue weighted by Crippen LogP contribution is 2.27. The third-order valence-electron chi connectivity index (χ3n) is 3.51. The molecule has 0 aromatic carbocycles. The maximum atomic E-state index is 3.57. The minimum absolute atomic E-state index is 0.536. The molecule has 1 heterocycles. The van der Waals surface area contributed by atoms with E-state index in [-0.39, 0.29) is 0 Å². The van der Waals surface area contributed by atoms with E-state index in [1.807, 2.05) is 0 Å². The lowest BCUT2D eigenvalue weighted by Gasteiger charge is -2.38. The lowest BCUT2D eigenvalue weighted by Crippen LogP contribution is -2.43. The molecular weight excluding hydrogens is 184 g/mol. The van der Waals surface area contributed by atoms with Gasteiger partial charge in [-0.25, -0.2) is 0 Å². The summed E-state index contributed by atoms with van der Waals surface area (Å²) in [4.78, 5) is 2.61. The number of hydrogen-bond donors (Lipinski definition) is 1. The van der Waals surface area contributed by atoms with Crippen LogP contribution >= 0.6 is 0 Å². The van der Waals surface area contributed by atoms with Crippen LogP contribution in [0.15, 0.2) is 0 Å². The van der Waals surface area contributed by atoms with Gasteiger partial charge in [0.2, 0.25) is 0 Å². The molecule has 2 heteroatoms. The number of rotatable bonds is 5. The fourth-order valence-corrected chi connectivity index (χ4v) is 2.35. The van der Waals surface area contributed by atoms with Crippen LogP contribution in [0.5, 0.6) is 0 Å². The van der Waals surface area contributed by atoms with Crippen LogP contribution in [0.3, 0.4) is 0 Å². The van der Waals surface area contributed by atoms with E-state index in [0.29, 0.717) is 11.5 Å². The van der Waals surface area contributed by atoms with Gasteiger partial charge in [0.15, 0.2) is 0 Å². The van der Waals surface area contributed by atoms with E-state index in [0.717, 1.165) is 6.54 Å². The van der Waals surface area contributed by atoms with E-state index in [2.05, 4.69) is 37.9 Å². The smallest absolute Gasteiger partial charge is 0.0107 e. The summed E-state index contributed by atoms with van der Waals surface area (Å²) in [6.45, 7) is 14.2. The Kier molecular flexibility index (Phi) is 5.07. The Bertz CT molecular complexity index is 177. The van der Waals surface area contributed by atoms with Crippen molar-refractivity contribution >= 4 is 0 Å². The molecular formula is C13H28N2. The zero-order valence-corrected chi connectivity index (χ0v) is 11.0. The van der Waals surface area contributed by atoms with Gasteiger partial charge in [-0.15, -0.1) is 0 Å². The maximum absolute atomic E-state index is 3.57. The number of hydrogen-bond acceptors (Lipinski definition) is 2. The second-order valence-electron chi connectivity index (χ2n) is 5.81. The van der Waals surface area contributed by atoms with Gasteiger partial charge in [0.1, 0.15) is 0 Å². The predicted molar refractivity (Wildman–Crippen MR) is 67.2 cm³/mol. The SMILES string of the molecule is CCC(C)NCCN1CCCC(C)(C)C1. The summed E-state index contributed by atoms with van der Waals surface area (Å²) in [6, 6.07) is 0.669. The van der Waals surface area contributed by atoms with Crippen molar-refractivity contribution in [1.82, 2.24) is 10.2 Å². The van der Waals surface area contributed by atoms with Crippen molar-refractivity contribution in [2.45, 2.75) is 53.0 Å². The molecule has 1 aliphatic heterocycles. The molecule has 1 unspecified atom stereocenters. The minimum atomic E-state index is 0.536. The molecule has 2 nitrogen and oxygen atoms in total. The van der Waals surface area contributed by atoms with E-state index in [4.69, 9.17) is 0 Å². The van der Waals surface area contributed by atoms with Crippen LogP contribution < -0.4 is 5.32 Å². The predicted octanol–water partition coefficient (Wildman–Crippen LogP) is 2.50. The molecule has 1 rings (SSSR count). The number of piperidine rings is 1. The Hall–Kier alpha value is -0.0800. The number of nitrogens with zero attached hydrogens (tertiary/aromatic N) is 1. The van der Waals surface area contributed by atoms with Crippen LogP contribution in [-0.4, -0.2) is 37.1 Å². The first-order valence-corrected chi connectivity index (χ1v) is 6.49. The van der Waals surface area contributed by atoms with Gasteiger partial charge in [0.05, 0.1) is 0 Å². The average molecular weight is 212 g/mol. The molecule has 1 atom stereocenters. The van der Waals surface area contributed by atoms with Crippen LogP contribution in [0.25, 0.3) is 0 Å². The van der Waals surface area contributed by atoms with E-state index >= 15 is 0 Å². The van der Waals surface area contributed by atoms with Crippen molar-refractivity contribution in [1.29, 1.82) is 0 Å². The van der Waals surface area contributed by atoms with Crippen LogP contribution in [0.1, 0.15) is 47.0 Å². The van der Waals surface area contributed by atoms with E-state index in [1.54, 1.807) is 0 Å². The first-order valence-electron chi connectivity index (χ1n) is 6.49. The monoisotopic (exact) mass is 212 g/mol. The van der Waals surface area contributed by atoms with Gasteiger partial charge in [0, 0.05) is 25.7 Å². The zero-order chi connectivity index (χ0) is 11.3. The Morgan fingerprint density at radius 1 is 1.40 bits per heavy atom. The summed E-state index contributed by atoms with van der Waals surface area (Å²) in [5, 5.41) is 3.57. The topological polar surface area (TPSA) is 15.3 Å². The van der Waals surface area contributed by atoms with Crippen molar-refractivity contribution < 1.29 is 0 Å². The lowest BCUT2D eigenvalue weighted by atomic mass is 9.84. The highest BCUT2D eigenvalue weighted by atomic mass is 15.2. The third kappa shape index (κ3) is 4.98. The normalized spacial score (nSPS) is 24.0. The van der Waals surface area contributed by atoms with E-state index in [9.17, 15) is 0 Å². The first-order chi connectivity index (χ1) is 7.03. The molecule has 0 aromatic heterocycles. The molecule has 1 aliphatic rings. The lowest BCUT2D eigenvalue weighted by molar-refractivity contribution is 0.118. The molecule has 90 valence electrons. The first kappa shape index (κ1) is 13.0. The Morgan fingerprint density at radius 2 is 2.13 bits per heavy atom. The highest BCUT2D eigenvalue weighted by molar-refractivity contribution is 4.79. The van der Waals surface area contributed by atoms with Gasteiger partial charge in [0.25, 0.3) is 0 Å². The molecule has 15 heavy (non-hydrogen) atoms. The molecule has 1 N–H and O–H groups in total. The summed E-state index contributed by atoms with van der Waals surface area (Å²) in [5.41, 5.74) is 0.536. The Morgan fingerprint density at radius 3 is 2.73 bits per heavy atom. The van der Waals surface area contributed by atoms with Gasteiger partial charge in [-0.3, -0.25) is 0 Å². The maximum Gasteiger partial charge on any atom is 0.0107 e. The van der Waals surface area contributed by atoms with Crippen molar-refractivity contribution in [2.75, 3.05) is 26.2 Å². The summed E-state index contributed by atoms with van der Waals surface area (Å²) >= 11 is 0. The van der Waals surface area contributed by atoms with E-state index < -0.39 is 0 Å². The largest absolute Gasteiger partial charge is 0.313 e. The van der Waals surface area contributed by atoms with Crippen LogP contribution in [0, 0.1) is 5.41 Å². The Balaban J connectivity index is 2.16. The molecule has 0 aromatic rings. The third-order valence-corrected chi connectivity index (χ3v) is 3.51. The van der Waals surface area contributed by atoms with Gasteiger partial charge >= 0.3 is 0 Å². The van der Waals surface area contributed by atoms with Gasteiger partial charge in [-0.2, -0.15) is 0 Å². The van der Waals surface area contributed by atoms with Gasteiger partial charge in [-0.05, 0) is 38.1 Å². The standard InChI is InChI=1S/C13H28N2/c1-5-12(2)14-8-10-15-9-6-7-13(3,4)11-15/h12,14H,5-11H2,1-4H3. The molecule has 0 spiro atoms. The van der Waals surface area contributed by atoms with Crippen LogP contribution in [0.4, 0.5) is 0 Å². The molecule has 0 saturated carbocycles. The molecule has 0 aliphatic carbocycles. The van der Waals surface area contributed by atoms with Crippen molar-refractivity contribution in [3.05, 3.63) is 0 Å². The quantitative estimate of drug-likeness (QED) is 0.753. The highest BCUT2D eigenvalue weighted by Gasteiger charge is 2.25. The van der Waals surface area contributed by atoms with Gasteiger partial charge < -0.3 is 10.2 Å². The summed E-state index contributed by atoms with van der Waals surface area (Å²) in [6.07, 6.45) is 3.99. The fraction of sp³-hybridized carbons (Fsp3) is 1.00. The van der Waals surface area contributed by atoms with E-state index in [1.165, 1.54) is 38.9 Å². The number of likely N-dealkylation sites (tertiary alicyclic amines) is 1. The minimum Gasteiger partial charge on any atom is -0.313 e. The summed E-state index contributed by atoms with van der Waals surface area (Å²) < 4.78 is 0. The van der Waals surface area contributed by atoms with Crippen LogP contribution in [-0.2, 0) is 0 Å². The molecule has 1 fully saturated rings. The van der Waals surface area contributed by atoms with Crippen molar-refractivity contribution in [2.24, 2.45) is 5.41 Å². The average Bonchev–Trinajstić information content (AvgIpc) is 2.16. The summed E-state index contributed by atoms with van der Waals surface area (Å²) in [5.74, 6) is 0. The molecule has 1 saturated heterocycles. The van der Waals surface area contributed by atoms with Crippen molar-refractivity contribution in [3.8, 4) is 0 Å². The molecule has 0 bridgehead atoms. The van der Waals surface area contributed by atoms with Crippen LogP contribution in [0.2, 0.25) is 0 Å².